The zero-order chi connectivity index (χ0) is 37.1. The summed E-state index contributed by atoms with van der Waals surface area (Å²) >= 11 is 0. The first-order valence-electron chi connectivity index (χ1n) is 17.8. The molecule has 2 aromatic carbocycles. The lowest BCUT2D eigenvalue weighted by Gasteiger charge is -2.31. The first-order chi connectivity index (χ1) is 23.6. The normalized spacial score (nSPS) is 12.7. The lowest BCUT2D eigenvalue weighted by molar-refractivity contribution is -0.125. The van der Waals surface area contributed by atoms with Gasteiger partial charge in [0.2, 0.25) is 17.7 Å². The van der Waals surface area contributed by atoms with E-state index in [1.54, 1.807) is 4.90 Å². The van der Waals surface area contributed by atoms with Crippen molar-refractivity contribution >= 4 is 23.4 Å². The van der Waals surface area contributed by atoms with Crippen molar-refractivity contribution in [1.29, 1.82) is 0 Å². The van der Waals surface area contributed by atoms with Crippen molar-refractivity contribution < 1.29 is 23.9 Å². The van der Waals surface area contributed by atoms with Crippen molar-refractivity contribution in [2.24, 2.45) is 5.41 Å². The van der Waals surface area contributed by atoms with E-state index in [1.807, 2.05) is 67.1 Å². The molecular formula is C39H58N6O5. The number of nitrogens with one attached hydrogen (secondary N) is 2. The summed E-state index contributed by atoms with van der Waals surface area (Å²) in [4.78, 5) is 38.7. The molecule has 4 rings (SSSR count). The molecule has 1 aliphatic rings. The van der Waals surface area contributed by atoms with Gasteiger partial charge in [-0.1, -0.05) is 82.3 Å². The number of hydrogen-bond donors (Lipinski definition) is 2. The molecule has 0 aliphatic carbocycles. The fourth-order valence-electron chi connectivity index (χ4n) is 5.60. The molecule has 0 atom stereocenters. The van der Waals surface area contributed by atoms with E-state index in [1.165, 1.54) is 6.92 Å². The van der Waals surface area contributed by atoms with Crippen LogP contribution in [0.3, 0.4) is 0 Å². The van der Waals surface area contributed by atoms with Crippen molar-refractivity contribution in [2.45, 2.75) is 113 Å². The Hall–Kier alpha value is -4.09. The second-order valence-electron chi connectivity index (χ2n) is 14.9. The van der Waals surface area contributed by atoms with Gasteiger partial charge in [0.1, 0.15) is 5.69 Å². The summed E-state index contributed by atoms with van der Waals surface area (Å²) in [5.41, 5.74) is 4.36. The van der Waals surface area contributed by atoms with Crippen LogP contribution < -0.4 is 15.5 Å². The SMILES string of the molecule is CC.CC(=O)NCC(=O)NCCC(=O)N1Cc2ccccc2-c2c(nnn2CC(C)(C)OCCCC(C)(C)OCC(C)(C)C)-c2ccccc21. The van der Waals surface area contributed by atoms with Crippen LogP contribution in [0.4, 0.5) is 5.69 Å². The highest BCUT2D eigenvalue weighted by Crippen LogP contribution is 2.41. The van der Waals surface area contributed by atoms with Gasteiger partial charge >= 0.3 is 0 Å². The van der Waals surface area contributed by atoms with Crippen molar-refractivity contribution in [3.8, 4) is 22.5 Å². The van der Waals surface area contributed by atoms with E-state index < -0.39 is 5.60 Å². The molecule has 2 heterocycles. The maximum Gasteiger partial charge on any atom is 0.239 e. The zero-order valence-corrected chi connectivity index (χ0v) is 31.8. The van der Waals surface area contributed by atoms with Crippen molar-refractivity contribution in [1.82, 2.24) is 25.6 Å². The Morgan fingerprint density at radius 1 is 0.860 bits per heavy atom. The molecule has 0 bridgehead atoms. The second kappa shape index (κ2) is 17.7. The number of fused-ring (bicyclic) bond motifs is 5. The summed E-state index contributed by atoms with van der Waals surface area (Å²) in [5.74, 6) is -0.783. The lowest BCUT2D eigenvalue weighted by Crippen LogP contribution is -2.39. The van der Waals surface area contributed by atoms with E-state index in [-0.39, 0.29) is 48.2 Å². The van der Waals surface area contributed by atoms with Gasteiger partial charge in [0.05, 0.1) is 48.8 Å². The molecule has 0 saturated heterocycles. The number of carbonyl (C=O) groups excluding carboxylic acids is 3. The number of aromatic nitrogens is 3. The van der Waals surface area contributed by atoms with Crippen molar-refractivity contribution in [2.75, 3.05) is 31.2 Å². The Labute approximate surface area is 298 Å². The van der Waals surface area contributed by atoms with Crippen LogP contribution >= 0.6 is 0 Å². The van der Waals surface area contributed by atoms with Crippen LogP contribution in [0, 0.1) is 5.41 Å². The molecular weight excluding hydrogens is 632 g/mol. The van der Waals surface area contributed by atoms with E-state index in [0.29, 0.717) is 32.0 Å². The fourth-order valence-corrected chi connectivity index (χ4v) is 5.60. The minimum Gasteiger partial charge on any atom is -0.375 e. The predicted molar refractivity (Wildman–Crippen MR) is 198 cm³/mol. The molecule has 11 heteroatoms. The molecule has 1 aliphatic heterocycles. The minimum absolute atomic E-state index is 0.0906. The monoisotopic (exact) mass is 690 g/mol. The van der Waals surface area contributed by atoms with E-state index in [2.05, 4.69) is 69.4 Å². The maximum atomic E-state index is 13.7. The van der Waals surface area contributed by atoms with Gasteiger partial charge in [-0.25, -0.2) is 4.68 Å². The Balaban J connectivity index is 0.00000332. The third-order valence-electron chi connectivity index (χ3n) is 8.09. The van der Waals surface area contributed by atoms with Crippen LogP contribution in [0.5, 0.6) is 0 Å². The Morgan fingerprint density at radius 3 is 2.20 bits per heavy atom. The molecule has 11 nitrogen and oxygen atoms in total. The van der Waals surface area contributed by atoms with Gasteiger partial charge in [-0.3, -0.25) is 14.4 Å². The number of anilines is 1. The van der Waals surface area contributed by atoms with Gasteiger partial charge in [0, 0.05) is 37.6 Å². The van der Waals surface area contributed by atoms with Crippen LogP contribution in [0.15, 0.2) is 48.5 Å². The molecule has 2 N–H and O–H groups in total. The summed E-state index contributed by atoms with van der Waals surface area (Å²) < 4.78 is 14.5. The Morgan fingerprint density at radius 2 is 1.52 bits per heavy atom. The van der Waals surface area contributed by atoms with Crippen molar-refractivity contribution in [3.05, 3.63) is 54.1 Å². The summed E-state index contributed by atoms with van der Waals surface area (Å²) in [6.07, 6.45) is 1.85. The van der Waals surface area contributed by atoms with Crippen LogP contribution in [-0.4, -0.2) is 70.2 Å². The van der Waals surface area contributed by atoms with E-state index in [0.717, 1.165) is 40.9 Å². The average molecular weight is 691 g/mol. The summed E-state index contributed by atoms with van der Waals surface area (Å²) in [7, 11) is 0. The number of nitrogens with zero attached hydrogens (tertiary/aromatic N) is 4. The summed E-state index contributed by atoms with van der Waals surface area (Å²) in [6, 6.07) is 15.7. The third-order valence-corrected chi connectivity index (χ3v) is 8.09. The molecule has 0 unspecified atom stereocenters. The molecule has 0 radical (unpaired) electrons. The molecule has 0 fully saturated rings. The topological polar surface area (TPSA) is 128 Å². The fraction of sp³-hybridized carbons (Fsp3) is 0.564. The van der Waals surface area contributed by atoms with E-state index in [9.17, 15) is 14.4 Å². The maximum absolute atomic E-state index is 13.7. The number of hydrogen-bond acceptors (Lipinski definition) is 7. The average Bonchev–Trinajstić information content (AvgIpc) is 3.45. The number of para-hydroxylation sites is 1. The van der Waals surface area contributed by atoms with E-state index >= 15 is 0 Å². The predicted octanol–water partition coefficient (Wildman–Crippen LogP) is 6.54. The number of ether oxygens (including phenoxy) is 2. The first kappa shape index (κ1) is 40.3. The van der Waals surface area contributed by atoms with Crippen LogP contribution in [-0.2, 0) is 36.9 Å². The lowest BCUT2D eigenvalue weighted by atomic mass is 9.95. The van der Waals surface area contributed by atoms with Crippen molar-refractivity contribution in [3.63, 3.8) is 0 Å². The highest BCUT2D eigenvalue weighted by molar-refractivity contribution is 6.00. The van der Waals surface area contributed by atoms with Crippen LogP contribution in [0.25, 0.3) is 22.5 Å². The molecule has 1 aromatic heterocycles. The molecule has 3 aromatic rings. The third kappa shape index (κ3) is 11.8. The molecule has 3 amide bonds. The Bertz CT molecular complexity index is 1590. The zero-order valence-electron chi connectivity index (χ0n) is 31.8. The highest BCUT2D eigenvalue weighted by atomic mass is 16.5. The van der Waals surface area contributed by atoms with Crippen LogP contribution in [0.1, 0.15) is 94.1 Å². The smallest absolute Gasteiger partial charge is 0.239 e. The standard InChI is InChI=1S/C37H52N6O5.C2H6/c1-26(44)39-22-31(45)38-20-18-32(46)42-23-27-14-9-10-15-28(27)34-33(29-16-11-12-17-30(29)42)40-41-43(34)24-37(7,8)47-21-13-19-36(5,6)48-25-35(2,3)4;1-2/h9-12,14-17H,13,18-25H2,1-8H3,(H,38,45)(H,39,44);1-2H3. The van der Waals surface area contributed by atoms with Gasteiger partial charge in [-0.2, -0.15) is 0 Å². The van der Waals surface area contributed by atoms with E-state index in [4.69, 9.17) is 9.47 Å². The second-order valence-corrected chi connectivity index (χ2v) is 14.9. The minimum atomic E-state index is -0.527. The van der Waals surface area contributed by atoms with Gasteiger partial charge < -0.3 is 25.0 Å². The largest absolute Gasteiger partial charge is 0.375 e. The number of benzene rings is 2. The number of amides is 3. The molecule has 0 saturated carbocycles. The quantitative estimate of drug-likeness (QED) is 0.184. The number of carbonyl (C=O) groups is 3. The molecule has 50 heavy (non-hydrogen) atoms. The molecule has 274 valence electrons. The summed E-state index contributed by atoms with van der Waals surface area (Å²) in [5, 5.41) is 14.5. The molecule has 0 spiro atoms. The van der Waals surface area contributed by atoms with Crippen LogP contribution in [0.2, 0.25) is 0 Å². The van der Waals surface area contributed by atoms with Gasteiger partial charge in [-0.05, 0) is 57.6 Å². The van der Waals surface area contributed by atoms with Gasteiger partial charge in [0.25, 0.3) is 0 Å². The number of rotatable bonds is 14. The van der Waals surface area contributed by atoms with Gasteiger partial charge in [-0.15, -0.1) is 5.10 Å². The first-order valence-corrected chi connectivity index (χ1v) is 17.8. The highest BCUT2D eigenvalue weighted by Gasteiger charge is 2.31. The summed E-state index contributed by atoms with van der Waals surface area (Å²) in [6.45, 7) is 22.4. The Kier molecular flexibility index (Phi) is 14.3. The van der Waals surface area contributed by atoms with Gasteiger partial charge in [0.15, 0.2) is 0 Å².